The first-order chi connectivity index (χ1) is 17.7. The maximum absolute atomic E-state index is 13.7. The number of benzene rings is 3. The quantitative estimate of drug-likeness (QED) is 0.378. The molecule has 2 N–H and O–H groups in total. The molecule has 0 bridgehead atoms. The van der Waals surface area contributed by atoms with Crippen LogP contribution in [0.2, 0.25) is 5.02 Å². The highest BCUT2D eigenvalue weighted by atomic mass is 35.5. The summed E-state index contributed by atoms with van der Waals surface area (Å²) in [5, 5.41) is 21.3. The van der Waals surface area contributed by atoms with E-state index in [4.69, 9.17) is 22.9 Å². The van der Waals surface area contributed by atoms with Gasteiger partial charge in [-0.2, -0.15) is 0 Å². The number of anilines is 1. The predicted octanol–water partition coefficient (Wildman–Crippen LogP) is 5.56. The second-order valence-electron chi connectivity index (χ2n) is 9.70. The zero-order valence-electron chi connectivity index (χ0n) is 20.9. The number of halogens is 2. The Bertz CT molecular complexity index is 1240. The molecule has 0 amide bonds. The topological polar surface area (TPSA) is 60.5 Å². The zero-order chi connectivity index (χ0) is 26.6. The van der Waals surface area contributed by atoms with Gasteiger partial charge in [0.2, 0.25) is 0 Å². The second-order valence-corrected chi connectivity index (χ2v) is 10.1. The van der Waals surface area contributed by atoms with Crippen LogP contribution < -0.4 is 9.64 Å². The lowest BCUT2D eigenvalue weighted by atomic mass is 9.93. The Morgan fingerprint density at radius 3 is 2.46 bits per heavy atom. The molecule has 3 aromatic carbocycles. The summed E-state index contributed by atoms with van der Waals surface area (Å²) in [4.78, 5) is 7.82. The van der Waals surface area contributed by atoms with Crippen molar-refractivity contribution in [3.8, 4) is 5.75 Å². The summed E-state index contributed by atoms with van der Waals surface area (Å²) in [6.07, 6.45) is -0.586. The van der Waals surface area contributed by atoms with E-state index >= 15 is 0 Å². The van der Waals surface area contributed by atoms with E-state index in [-0.39, 0.29) is 18.5 Å². The third kappa shape index (κ3) is 6.60. The Morgan fingerprint density at radius 2 is 1.84 bits per heavy atom. The molecule has 8 heteroatoms. The third-order valence-electron chi connectivity index (χ3n) is 6.59. The fourth-order valence-electron chi connectivity index (χ4n) is 4.69. The van der Waals surface area contributed by atoms with Gasteiger partial charge >= 0.3 is 0 Å². The van der Waals surface area contributed by atoms with E-state index in [9.17, 15) is 14.6 Å². The molecule has 1 fully saturated rings. The Labute approximate surface area is 222 Å². The maximum atomic E-state index is 13.7. The maximum Gasteiger partial charge on any atom is 0.187 e. The minimum atomic E-state index is -1.11. The van der Waals surface area contributed by atoms with E-state index in [1.807, 2.05) is 12.1 Å². The molecule has 0 saturated carbocycles. The Morgan fingerprint density at radius 1 is 1.14 bits per heavy atom. The zero-order valence-corrected chi connectivity index (χ0v) is 21.7. The van der Waals surface area contributed by atoms with Gasteiger partial charge in [0.1, 0.15) is 18.2 Å². The van der Waals surface area contributed by atoms with Gasteiger partial charge in [-0.1, -0.05) is 48.0 Å². The van der Waals surface area contributed by atoms with Crippen molar-refractivity contribution in [3.63, 3.8) is 0 Å². The smallest absolute Gasteiger partial charge is 0.187 e. The average Bonchev–Trinajstić information content (AvgIpc) is 2.88. The highest BCUT2D eigenvalue weighted by Gasteiger charge is 2.34. The van der Waals surface area contributed by atoms with Crippen LogP contribution in [0.1, 0.15) is 31.0 Å². The van der Waals surface area contributed by atoms with E-state index in [0.717, 1.165) is 16.8 Å². The van der Waals surface area contributed by atoms with Crippen LogP contribution in [0.15, 0.2) is 66.7 Å². The summed E-state index contributed by atoms with van der Waals surface area (Å²) in [7, 11) is 0. The molecule has 0 spiro atoms. The van der Waals surface area contributed by atoms with Crippen LogP contribution in [0.25, 0.3) is 4.85 Å². The van der Waals surface area contributed by atoms with E-state index in [2.05, 4.69) is 14.6 Å². The molecule has 6 nitrogen and oxygen atoms in total. The van der Waals surface area contributed by atoms with Crippen molar-refractivity contribution in [2.24, 2.45) is 0 Å². The SMILES string of the molecule is [C-]#[N+]c1ccc([C@](C)(O)CN2CCN(c3ccc(OC[C@@H](C)O)cc3Cl)[C@H](c3ccc(F)cc3)C2)cc1. The number of ether oxygens (including phenoxy) is 1. The molecule has 4 rings (SSSR count). The normalized spacial score (nSPS) is 18.6. The van der Waals surface area contributed by atoms with Gasteiger partial charge in [-0.25, -0.2) is 9.24 Å². The molecule has 1 saturated heterocycles. The molecule has 0 aromatic heterocycles. The standard InChI is InChI=1S/C29H31ClFN3O3/c1-20(35)18-37-25-12-13-27(26(30)16-25)34-15-14-33(17-28(34)21-4-8-23(31)9-5-21)19-29(2,36)22-6-10-24(32-3)11-7-22/h4-13,16,20,28,35-36H,14-15,17-19H2,1-2H3/t20-,28+,29-/m1/s1. The first-order valence-electron chi connectivity index (χ1n) is 12.2. The van der Waals surface area contributed by atoms with Gasteiger partial charge in [0, 0.05) is 32.2 Å². The van der Waals surface area contributed by atoms with E-state index in [1.165, 1.54) is 12.1 Å². The molecule has 0 radical (unpaired) electrons. The van der Waals surface area contributed by atoms with Crippen LogP contribution in [0.5, 0.6) is 5.75 Å². The number of aliphatic hydroxyl groups is 2. The van der Waals surface area contributed by atoms with Crippen LogP contribution in [-0.2, 0) is 5.60 Å². The van der Waals surface area contributed by atoms with Crippen molar-refractivity contribution in [2.45, 2.75) is 31.6 Å². The van der Waals surface area contributed by atoms with Crippen LogP contribution >= 0.6 is 11.6 Å². The van der Waals surface area contributed by atoms with Gasteiger partial charge in [-0.15, -0.1) is 0 Å². The lowest BCUT2D eigenvalue weighted by Gasteiger charge is -2.45. The number of rotatable bonds is 8. The molecular formula is C29H31ClFN3O3. The number of β-amino-alcohol motifs (C(OH)–C–C–N with tert-alkyl or cyclic N) is 1. The Hall–Kier alpha value is -3.15. The first-order valence-corrected chi connectivity index (χ1v) is 12.6. The molecule has 1 aliphatic rings. The number of hydrogen-bond donors (Lipinski definition) is 2. The Kier molecular flexibility index (Phi) is 8.35. The summed E-state index contributed by atoms with van der Waals surface area (Å²) in [5.41, 5.74) is 1.94. The molecule has 37 heavy (non-hydrogen) atoms. The molecule has 0 aliphatic carbocycles. The van der Waals surface area contributed by atoms with Gasteiger partial charge in [-0.05, 0) is 49.2 Å². The van der Waals surface area contributed by atoms with Crippen molar-refractivity contribution < 1.29 is 19.3 Å². The summed E-state index contributed by atoms with van der Waals surface area (Å²) in [6.45, 7) is 13.1. The van der Waals surface area contributed by atoms with Gasteiger partial charge < -0.3 is 19.8 Å². The van der Waals surface area contributed by atoms with E-state index in [1.54, 1.807) is 56.3 Å². The van der Waals surface area contributed by atoms with Crippen LogP contribution in [0.4, 0.5) is 15.8 Å². The monoisotopic (exact) mass is 523 g/mol. The van der Waals surface area contributed by atoms with E-state index < -0.39 is 11.7 Å². The highest BCUT2D eigenvalue weighted by molar-refractivity contribution is 6.33. The fourth-order valence-corrected chi connectivity index (χ4v) is 4.97. The molecule has 0 unspecified atom stereocenters. The van der Waals surface area contributed by atoms with Gasteiger partial charge in [-0.3, -0.25) is 4.90 Å². The summed E-state index contributed by atoms with van der Waals surface area (Å²) >= 11 is 6.68. The lowest BCUT2D eigenvalue weighted by Crippen LogP contribution is -2.52. The molecule has 3 aromatic rings. The summed E-state index contributed by atoms with van der Waals surface area (Å²) in [5.74, 6) is 0.276. The van der Waals surface area contributed by atoms with Crippen molar-refractivity contribution >= 4 is 23.0 Å². The minimum absolute atomic E-state index is 0.128. The van der Waals surface area contributed by atoms with Crippen molar-refractivity contribution in [1.82, 2.24) is 4.90 Å². The molecule has 1 aliphatic heterocycles. The summed E-state index contributed by atoms with van der Waals surface area (Å²) in [6, 6.07) is 18.8. The third-order valence-corrected chi connectivity index (χ3v) is 6.89. The molecule has 1 heterocycles. The van der Waals surface area contributed by atoms with Gasteiger partial charge in [0.05, 0.1) is 35.0 Å². The molecule has 3 atom stereocenters. The largest absolute Gasteiger partial charge is 0.491 e. The number of hydrogen-bond acceptors (Lipinski definition) is 5. The number of piperazine rings is 1. The van der Waals surface area contributed by atoms with E-state index in [0.29, 0.717) is 42.6 Å². The molecular weight excluding hydrogens is 493 g/mol. The van der Waals surface area contributed by atoms with Crippen molar-refractivity contribution in [1.29, 1.82) is 0 Å². The fraction of sp³-hybridized carbons (Fsp3) is 0.345. The van der Waals surface area contributed by atoms with Crippen LogP contribution in [-0.4, -0.2) is 54.0 Å². The van der Waals surface area contributed by atoms with Crippen molar-refractivity contribution in [2.75, 3.05) is 37.7 Å². The molecule has 194 valence electrons. The van der Waals surface area contributed by atoms with Gasteiger partial charge in [0.25, 0.3) is 0 Å². The van der Waals surface area contributed by atoms with Crippen molar-refractivity contribution in [3.05, 3.63) is 100 Å². The first kappa shape index (κ1) is 26.9. The second kappa shape index (κ2) is 11.5. The Balaban J connectivity index is 1.57. The van der Waals surface area contributed by atoms with Gasteiger partial charge in [0.15, 0.2) is 5.69 Å². The number of aliphatic hydroxyl groups excluding tert-OH is 1. The minimum Gasteiger partial charge on any atom is -0.491 e. The highest BCUT2D eigenvalue weighted by Crippen LogP contribution is 2.38. The van der Waals surface area contributed by atoms with Crippen LogP contribution in [0.3, 0.4) is 0 Å². The average molecular weight is 524 g/mol. The number of nitrogens with zero attached hydrogens (tertiary/aromatic N) is 3. The van der Waals surface area contributed by atoms with Crippen LogP contribution in [0, 0.1) is 12.4 Å². The summed E-state index contributed by atoms with van der Waals surface area (Å²) < 4.78 is 19.3. The predicted molar refractivity (Wildman–Crippen MR) is 144 cm³/mol. The lowest BCUT2D eigenvalue weighted by molar-refractivity contribution is 0.0103.